The van der Waals surface area contributed by atoms with Gasteiger partial charge in [0.15, 0.2) is 0 Å². The molecule has 4 amide bonds. The number of halogens is 6. The molecule has 0 rings (SSSR count). The molecule has 0 radical (unpaired) electrons. The van der Waals surface area contributed by atoms with Gasteiger partial charge in [-0.2, -0.15) is 26.3 Å². The van der Waals surface area contributed by atoms with Gasteiger partial charge in [0.25, 0.3) is 0 Å². The maximum atomic E-state index is 13.4. The highest BCUT2D eigenvalue weighted by Crippen LogP contribution is 2.55. The number of nitrogens with one attached hydrogen (secondary N) is 4. The third-order valence-electron chi connectivity index (χ3n) is 5.39. The van der Waals surface area contributed by atoms with E-state index in [1.54, 1.807) is 0 Å². The van der Waals surface area contributed by atoms with Crippen LogP contribution in [-0.2, 0) is 46.4 Å². The molecule has 0 aliphatic rings. The molecule has 4 N–H and O–H groups in total. The third-order valence-corrected chi connectivity index (χ3v) is 12.8. The van der Waals surface area contributed by atoms with Crippen LogP contribution in [-0.4, -0.2) is 95.6 Å². The zero-order chi connectivity index (χ0) is 39.4. The summed E-state index contributed by atoms with van der Waals surface area (Å²) in [7, 11) is -7.11. The number of carbonyl (C=O) groups is 4. The van der Waals surface area contributed by atoms with Crippen molar-refractivity contribution in [2.75, 3.05) is 11.5 Å². The fraction of sp³-hybridized carbons (Fsp3) is 0.846. The van der Waals surface area contributed by atoms with Crippen LogP contribution in [0.15, 0.2) is 0 Å². The Kier molecular flexibility index (Phi) is 20.0. The topological polar surface area (TPSA) is 187 Å². The fourth-order valence-corrected chi connectivity index (χ4v) is 9.52. The van der Waals surface area contributed by atoms with Gasteiger partial charge in [-0.25, -0.2) is 0 Å². The lowest BCUT2D eigenvalue weighted by Crippen LogP contribution is -2.54. The highest BCUT2D eigenvalue weighted by molar-refractivity contribution is 8.76. The number of rotatable bonds is 21. The molecule has 0 bridgehead atoms. The van der Waals surface area contributed by atoms with Crippen LogP contribution in [0.3, 0.4) is 0 Å². The molecule has 0 aromatic rings. The van der Waals surface area contributed by atoms with Crippen LogP contribution in [0.2, 0.25) is 0 Å². The molecule has 0 saturated heterocycles. The van der Waals surface area contributed by atoms with Crippen LogP contribution in [0.1, 0.15) is 69.2 Å². The van der Waals surface area contributed by atoms with Crippen molar-refractivity contribution in [2.45, 2.75) is 130 Å². The lowest BCUT2D eigenvalue weighted by Gasteiger charge is -2.29. The maximum Gasteiger partial charge on any atom is 0.471 e. The summed E-state index contributed by atoms with van der Waals surface area (Å²) in [6, 6.07) is -3.92. The first kappa shape index (κ1) is 48.5. The Morgan fingerprint density at radius 3 is 0.960 bits per heavy atom. The Morgan fingerprint density at radius 1 is 0.520 bits per heavy atom. The van der Waals surface area contributed by atoms with Crippen LogP contribution in [0.25, 0.3) is 0 Å². The minimum absolute atomic E-state index is 0.545. The van der Waals surface area contributed by atoms with E-state index in [0.29, 0.717) is 21.6 Å². The smallest absolute Gasteiger partial charge is 0.340 e. The summed E-state index contributed by atoms with van der Waals surface area (Å²) in [6.07, 6.45) is -13.5. The fourth-order valence-electron chi connectivity index (χ4n) is 3.44. The van der Waals surface area contributed by atoms with Crippen molar-refractivity contribution in [3.63, 3.8) is 0 Å². The van der Waals surface area contributed by atoms with Crippen LogP contribution in [0, 0.1) is 0 Å². The zero-order valence-corrected chi connectivity index (χ0v) is 32.5. The van der Waals surface area contributed by atoms with Gasteiger partial charge in [0.2, 0.25) is 11.8 Å². The van der Waals surface area contributed by atoms with Gasteiger partial charge in [0, 0.05) is 11.5 Å². The predicted octanol–water partition coefficient (Wildman–Crippen LogP) is 5.47. The van der Waals surface area contributed by atoms with Crippen molar-refractivity contribution >= 4 is 60.4 Å². The molecule has 24 heteroatoms. The number of alkyl halides is 6. The average Bonchev–Trinajstić information content (AvgIpc) is 2.90. The van der Waals surface area contributed by atoms with Crippen LogP contribution in [0.5, 0.6) is 0 Å². The largest absolute Gasteiger partial charge is 0.471 e. The summed E-state index contributed by atoms with van der Waals surface area (Å²) >= 11 is 0. The van der Waals surface area contributed by atoms with E-state index in [2.05, 4.69) is 10.6 Å². The summed E-state index contributed by atoms with van der Waals surface area (Å²) in [6.45, 7) is 14.6. The lowest BCUT2D eigenvalue weighted by atomic mass is 10.3. The Hall–Kier alpha value is -1.54. The normalized spacial score (nSPS) is 15.5. The highest BCUT2D eigenvalue weighted by atomic mass is 33.1. The van der Waals surface area contributed by atoms with E-state index in [4.69, 9.17) is 18.1 Å². The summed E-state index contributed by atoms with van der Waals surface area (Å²) in [5, 5.41) is 7.40. The minimum Gasteiger partial charge on any atom is -0.340 e. The standard InChI is InChI=1S/C26H46F6N4O10P2S2/c1-13(2)43-47(41,44-14(3)4)17(9)33-21(37)19(35-23(39)25(27,28)29)11-49-50-12-20(36-24(40)26(30,31)32)22(38)34-18(10)48(42,45-15(5)6)46-16(7)8/h13-20H,11-12H2,1-10H3,(H,33,37)(H,34,38)(H,35,39)(H,36,40). The number of hydrogen-bond acceptors (Lipinski definition) is 12. The first-order valence-electron chi connectivity index (χ1n) is 15.1. The maximum absolute atomic E-state index is 13.4. The van der Waals surface area contributed by atoms with Crippen molar-refractivity contribution in [2.24, 2.45) is 0 Å². The summed E-state index contributed by atoms with van der Waals surface area (Å²) in [5.74, 6) is -11.7. The van der Waals surface area contributed by atoms with Crippen molar-refractivity contribution < 1.29 is 72.7 Å². The van der Waals surface area contributed by atoms with E-state index >= 15 is 0 Å². The molecule has 0 aromatic heterocycles. The Balaban J connectivity index is 6.07. The first-order chi connectivity index (χ1) is 22.5. The molecular weight excluding hydrogens is 768 g/mol. The third kappa shape index (κ3) is 17.8. The Morgan fingerprint density at radius 2 is 0.760 bits per heavy atom. The van der Waals surface area contributed by atoms with E-state index in [1.807, 2.05) is 0 Å². The Bertz CT molecular complexity index is 1120. The molecule has 0 heterocycles. The lowest BCUT2D eigenvalue weighted by molar-refractivity contribution is -0.174. The van der Waals surface area contributed by atoms with Crippen molar-refractivity contribution in [1.82, 2.24) is 21.3 Å². The van der Waals surface area contributed by atoms with Gasteiger partial charge >= 0.3 is 39.4 Å². The monoisotopic (exact) mass is 814 g/mol. The first-order valence-corrected chi connectivity index (χ1v) is 20.8. The van der Waals surface area contributed by atoms with Gasteiger partial charge in [-0.1, -0.05) is 21.6 Å². The average molecular weight is 815 g/mol. The van der Waals surface area contributed by atoms with E-state index < -0.39 is 111 Å². The number of hydrogen-bond donors (Lipinski definition) is 4. The molecule has 50 heavy (non-hydrogen) atoms. The Labute approximate surface area is 295 Å². The quantitative estimate of drug-likeness (QED) is 0.0496. The van der Waals surface area contributed by atoms with Crippen LogP contribution >= 0.6 is 36.8 Å². The van der Waals surface area contributed by atoms with Gasteiger partial charge in [0.1, 0.15) is 23.6 Å². The zero-order valence-electron chi connectivity index (χ0n) is 29.1. The molecule has 0 spiro atoms. The van der Waals surface area contributed by atoms with E-state index in [-0.39, 0.29) is 0 Å². The highest BCUT2D eigenvalue weighted by Gasteiger charge is 2.44. The van der Waals surface area contributed by atoms with Crippen molar-refractivity contribution in [3.8, 4) is 0 Å². The molecule has 4 unspecified atom stereocenters. The van der Waals surface area contributed by atoms with Crippen LogP contribution < -0.4 is 21.3 Å². The molecular formula is C26H46F6N4O10P2S2. The predicted molar refractivity (Wildman–Crippen MR) is 176 cm³/mol. The van der Waals surface area contributed by atoms with Crippen molar-refractivity contribution in [1.29, 1.82) is 0 Å². The van der Waals surface area contributed by atoms with Gasteiger partial charge in [-0.3, -0.25) is 28.3 Å². The molecule has 14 nitrogen and oxygen atoms in total. The SMILES string of the molecule is CC(C)OP(=O)(OC(C)C)C(C)NC(=O)C(CSSCC(NC(=O)C(F)(F)F)C(=O)NC(C)P(=O)(OC(C)C)OC(C)C)NC(=O)C(F)(F)F. The van der Waals surface area contributed by atoms with Crippen LogP contribution in [0.4, 0.5) is 26.3 Å². The molecule has 4 atom stereocenters. The van der Waals surface area contributed by atoms with E-state index in [0.717, 1.165) is 0 Å². The molecule has 0 fully saturated rings. The second-order valence-electron chi connectivity index (χ2n) is 11.7. The van der Waals surface area contributed by atoms with E-state index in [9.17, 15) is 54.7 Å². The number of amides is 4. The summed E-state index contributed by atoms with van der Waals surface area (Å²) in [5.41, 5.74) is 0. The van der Waals surface area contributed by atoms with E-state index in [1.165, 1.54) is 79.9 Å². The molecule has 0 aliphatic heterocycles. The molecule has 0 saturated carbocycles. The summed E-state index contributed by atoms with van der Waals surface area (Å²) < 4.78 is 127. The molecule has 0 aromatic carbocycles. The second kappa shape index (κ2) is 20.6. The number of carbonyl (C=O) groups excluding carboxylic acids is 4. The molecule has 0 aliphatic carbocycles. The second-order valence-corrected chi connectivity index (χ2v) is 18.8. The van der Waals surface area contributed by atoms with Crippen molar-refractivity contribution in [3.05, 3.63) is 0 Å². The molecule has 294 valence electrons. The van der Waals surface area contributed by atoms with Gasteiger partial charge in [-0.15, -0.1) is 0 Å². The van der Waals surface area contributed by atoms with Gasteiger partial charge in [0.05, 0.1) is 24.4 Å². The van der Waals surface area contributed by atoms with Gasteiger partial charge < -0.3 is 39.4 Å². The van der Waals surface area contributed by atoms with Gasteiger partial charge in [-0.05, 0) is 69.2 Å². The summed E-state index contributed by atoms with van der Waals surface area (Å²) in [4.78, 5) is 49.6. The minimum atomic E-state index is -5.42.